The standard InChI is InChI=1S/C22H37NO5/c1-2-7-17-8-10-18(11-9-17)16-28-13-6-4-3-5-12-23-14-19(24)21(26)22(27)20(25)15-23/h8-11,19-22,24-27H,2-7,12-16H2,1H3/t19-,20-,21+,22+/m0/s1. The van der Waals surface area contributed by atoms with Crippen molar-refractivity contribution >= 4 is 0 Å². The summed E-state index contributed by atoms with van der Waals surface area (Å²) in [7, 11) is 0. The van der Waals surface area contributed by atoms with Gasteiger partial charge in [-0.15, -0.1) is 0 Å². The number of benzene rings is 1. The maximum atomic E-state index is 9.87. The third kappa shape index (κ3) is 7.78. The monoisotopic (exact) mass is 395 g/mol. The number of hydrogen-bond donors (Lipinski definition) is 4. The number of aryl methyl sites for hydroxylation is 1. The van der Waals surface area contributed by atoms with Crippen molar-refractivity contribution in [3.63, 3.8) is 0 Å². The van der Waals surface area contributed by atoms with E-state index in [1.54, 1.807) is 0 Å². The van der Waals surface area contributed by atoms with Crippen molar-refractivity contribution in [1.82, 2.24) is 4.90 Å². The number of nitrogens with zero attached hydrogens (tertiary/aromatic N) is 1. The molecule has 1 aromatic carbocycles. The van der Waals surface area contributed by atoms with E-state index in [0.29, 0.717) is 6.61 Å². The van der Waals surface area contributed by atoms with Crippen LogP contribution in [0.2, 0.25) is 0 Å². The van der Waals surface area contributed by atoms with Crippen LogP contribution in [0.3, 0.4) is 0 Å². The zero-order valence-electron chi connectivity index (χ0n) is 17.0. The van der Waals surface area contributed by atoms with E-state index in [9.17, 15) is 20.4 Å². The summed E-state index contributed by atoms with van der Waals surface area (Å²) in [6, 6.07) is 8.64. The number of likely N-dealkylation sites (tertiary alicyclic amines) is 1. The average molecular weight is 396 g/mol. The molecule has 1 fully saturated rings. The van der Waals surface area contributed by atoms with Gasteiger partial charge in [0.15, 0.2) is 0 Å². The van der Waals surface area contributed by atoms with Crippen LogP contribution in [0.15, 0.2) is 24.3 Å². The molecule has 1 aliphatic rings. The fourth-order valence-corrected chi connectivity index (χ4v) is 3.63. The Morgan fingerprint density at radius 3 is 2.04 bits per heavy atom. The van der Waals surface area contributed by atoms with Crippen molar-refractivity contribution in [2.75, 3.05) is 26.2 Å². The van der Waals surface area contributed by atoms with Crippen molar-refractivity contribution < 1.29 is 25.2 Å². The Balaban J connectivity index is 1.52. The van der Waals surface area contributed by atoms with Gasteiger partial charge >= 0.3 is 0 Å². The second-order valence-electron chi connectivity index (χ2n) is 7.91. The Bertz CT molecular complexity index is 522. The molecule has 1 aromatic rings. The van der Waals surface area contributed by atoms with Crippen molar-refractivity contribution in [3.8, 4) is 0 Å². The highest BCUT2D eigenvalue weighted by Gasteiger charge is 2.35. The van der Waals surface area contributed by atoms with Gasteiger partial charge in [0.1, 0.15) is 12.2 Å². The van der Waals surface area contributed by atoms with Crippen molar-refractivity contribution in [3.05, 3.63) is 35.4 Å². The maximum Gasteiger partial charge on any atom is 0.110 e. The van der Waals surface area contributed by atoms with E-state index < -0.39 is 24.4 Å². The molecule has 2 rings (SSSR count). The van der Waals surface area contributed by atoms with Crippen molar-refractivity contribution in [2.24, 2.45) is 0 Å². The molecule has 0 aromatic heterocycles. The highest BCUT2D eigenvalue weighted by atomic mass is 16.5. The number of rotatable bonds is 11. The lowest BCUT2D eigenvalue weighted by Gasteiger charge is -2.23. The molecule has 0 saturated carbocycles. The zero-order valence-corrected chi connectivity index (χ0v) is 17.0. The number of ether oxygens (including phenoxy) is 1. The molecule has 0 amide bonds. The van der Waals surface area contributed by atoms with Gasteiger partial charge in [0.2, 0.25) is 0 Å². The maximum absolute atomic E-state index is 9.87. The number of β-amino-alcohol motifs (C(OH)–C–C–N with tert-alkyl or cyclic N) is 2. The molecule has 6 heteroatoms. The average Bonchev–Trinajstić information content (AvgIpc) is 2.77. The fourth-order valence-electron chi connectivity index (χ4n) is 3.63. The van der Waals surface area contributed by atoms with Gasteiger partial charge in [-0.1, -0.05) is 50.5 Å². The van der Waals surface area contributed by atoms with Gasteiger partial charge in [0, 0.05) is 19.7 Å². The predicted molar refractivity (Wildman–Crippen MR) is 109 cm³/mol. The Hall–Kier alpha value is -1.02. The topological polar surface area (TPSA) is 93.4 Å². The van der Waals surface area contributed by atoms with E-state index in [4.69, 9.17) is 4.74 Å². The SMILES string of the molecule is CCCc1ccc(COCCCCCCN2C[C@H](O)[C@@H](O)[C@H](O)[C@@H](O)C2)cc1. The van der Waals surface area contributed by atoms with Gasteiger partial charge in [-0.3, -0.25) is 4.90 Å². The minimum atomic E-state index is -1.29. The molecule has 0 spiro atoms. The van der Waals surface area contributed by atoms with Crippen LogP contribution in [0.5, 0.6) is 0 Å². The summed E-state index contributed by atoms with van der Waals surface area (Å²) < 4.78 is 5.75. The first kappa shape index (κ1) is 23.3. The lowest BCUT2D eigenvalue weighted by molar-refractivity contribution is -0.0894. The fraction of sp³-hybridized carbons (Fsp3) is 0.727. The van der Waals surface area contributed by atoms with E-state index in [1.807, 2.05) is 4.90 Å². The van der Waals surface area contributed by atoms with Crippen LogP contribution < -0.4 is 0 Å². The minimum Gasteiger partial charge on any atom is -0.389 e. The summed E-state index contributed by atoms with van der Waals surface area (Å²) in [5.74, 6) is 0. The summed E-state index contributed by atoms with van der Waals surface area (Å²) in [6.07, 6.45) is 1.72. The molecule has 0 radical (unpaired) electrons. The minimum absolute atomic E-state index is 0.273. The molecule has 0 aliphatic carbocycles. The van der Waals surface area contributed by atoms with Gasteiger partial charge in [-0.05, 0) is 36.9 Å². The number of aliphatic hydroxyl groups is 4. The molecule has 1 saturated heterocycles. The lowest BCUT2D eigenvalue weighted by atomic mass is 10.1. The molecule has 28 heavy (non-hydrogen) atoms. The smallest absolute Gasteiger partial charge is 0.110 e. The molecule has 0 bridgehead atoms. The van der Waals surface area contributed by atoms with E-state index in [1.165, 1.54) is 17.5 Å². The second kappa shape index (κ2) is 12.5. The van der Waals surface area contributed by atoms with Crippen LogP contribution in [0.4, 0.5) is 0 Å². The first-order chi connectivity index (χ1) is 13.5. The Morgan fingerprint density at radius 1 is 0.857 bits per heavy atom. The largest absolute Gasteiger partial charge is 0.389 e. The van der Waals surface area contributed by atoms with Gasteiger partial charge in [0.25, 0.3) is 0 Å². The normalized spacial score (nSPS) is 26.3. The van der Waals surface area contributed by atoms with Gasteiger partial charge in [0.05, 0.1) is 18.8 Å². The van der Waals surface area contributed by atoms with Crippen molar-refractivity contribution in [1.29, 1.82) is 0 Å². The number of unbranched alkanes of at least 4 members (excludes halogenated alkanes) is 3. The highest BCUT2D eigenvalue weighted by Crippen LogP contribution is 2.14. The summed E-state index contributed by atoms with van der Waals surface area (Å²) >= 11 is 0. The van der Waals surface area contributed by atoms with Gasteiger partial charge < -0.3 is 25.2 Å². The van der Waals surface area contributed by atoms with Crippen LogP contribution in [-0.2, 0) is 17.8 Å². The Kier molecular flexibility index (Phi) is 10.4. The van der Waals surface area contributed by atoms with E-state index in [-0.39, 0.29) is 13.1 Å². The van der Waals surface area contributed by atoms with Gasteiger partial charge in [-0.2, -0.15) is 0 Å². The molecule has 0 unspecified atom stereocenters. The molecule has 4 atom stereocenters. The first-order valence-corrected chi connectivity index (χ1v) is 10.6. The first-order valence-electron chi connectivity index (χ1n) is 10.6. The molecule has 160 valence electrons. The van der Waals surface area contributed by atoms with E-state index in [2.05, 4.69) is 31.2 Å². The number of aliphatic hydroxyl groups excluding tert-OH is 4. The quantitative estimate of drug-likeness (QED) is 0.424. The van der Waals surface area contributed by atoms with Crippen LogP contribution in [-0.4, -0.2) is 76.0 Å². The second-order valence-corrected chi connectivity index (χ2v) is 7.91. The van der Waals surface area contributed by atoms with E-state index in [0.717, 1.165) is 45.3 Å². The molecular weight excluding hydrogens is 358 g/mol. The van der Waals surface area contributed by atoms with Crippen molar-refractivity contribution in [2.45, 2.75) is 76.5 Å². The number of hydrogen-bond acceptors (Lipinski definition) is 6. The molecule has 1 heterocycles. The molecule has 1 aliphatic heterocycles. The Labute approximate surface area is 168 Å². The Morgan fingerprint density at radius 2 is 1.43 bits per heavy atom. The third-order valence-electron chi connectivity index (χ3n) is 5.37. The van der Waals surface area contributed by atoms with Crippen LogP contribution in [0.1, 0.15) is 50.2 Å². The van der Waals surface area contributed by atoms with Crippen LogP contribution in [0.25, 0.3) is 0 Å². The summed E-state index contributed by atoms with van der Waals surface area (Å²) in [4.78, 5) is 1.91. The molecular formula is C22H37NO5. The lowest BCUT2D eigenvalue weighted by Crippen LogP contribution is -2.43. The predicted octanol–water partition coefficient (Wildman–Crippen LogP) is 1.48. The molecule has 4 N–H and O–H groups in total. The summed E-state index contributed by atoms with van der Waals surface area (Å²) in [5.41, 5.74) is 2.59. The third-order valence-corrected chi connectivity index (χ3v) is 5.37. The highest BCUT2D eigenvalue weighted by molar-refractivity contribution is 5.22. The van der Waals surface area contributed by atoms with Crippen LogP contribution >= 0.6 is 0 Å². The van der Waals surface area contributed by atoms with E-state index >= 15 is 0 Å². The zero-order chi connectivity index (χ0) is 20.4. The summed E-state index contributed by atoms with van der Waals surface area (Å²) in [6.45, 7) is 4.87. The summed E-state index contributed by atoms with van der Waals surface area (Å²) in [5, 5.41) is 39.2. The van der Waals surface area contributed by atoms with Gasteiger partial charge in [-0.25, -0.2) is 0 Å². The van der Waals surface area contributed by atoms with Crippen LogP contribution in [0, 0.1) is 0 Å². The molecule has 6 nitrogen and oxygen atoms in total.